The van der Waals surface area contributed by atoms with Gasteiger partial charge in [-0.05, 0) is 31.5 Å². The van der Waals surface area contributed by atoms with Crippen molar-refractivity contribution in [3.8, 4) is 0 Å². The monoisotopic (exact) mass is 247 g/mol. The van der Waals surface area contributed by atoms with Crippen molar-refractivity contribution in [3.63, 3.8) is 0 Å². The number of ether oxygens (including phenoxy) is 1. The number of hydrogen-bond donors (Lipinski definition) is 0. The summed E-state index contributed by atoms with van der Waals surface area (Å²) in [5, 5.41) is 0. The van der Waals surface area contributed by atoms with Gasteiger partial charge in [0.1, 0.15) is 6.73 Å². The number of rotatable bonds is 4. The highest BCUT2D eigenvalue weighted by Crippen LogP contribution is 2.33. The molecule has 0 aliphatic rings. The number of alkyl halides is 3. The number of halogens is 3. The first-order chi connectivity index (χ1) is 7.90. The van der Waals surface area contributed by atoms with E-state index in [4.69, 9.17) is 4.74 Å². The number of nitrogens with zero attached hydrogens (tertiary/aromatic N) is 1. The summed E-state index contributed by atoms with van der Waals surface area (Å²) in [4.78, 5) is 1.75. The molecule has 0 saturated carbocycles. The van der Waals surface area contributed by atoms with Crippen molar-refractivity contribution >= 4 is 5.69 Å². The lowest BCUT2D eigenvalue weighted by molar-refractivity contribution is -0.137. The van der Waals surface area contributed by atoms with Crippen LogP contribution in [0.5, 0.6) is 0 Å². The van der Waals surface area contributed by atoms with Crippen LogP contribution in [0.3, 0.4) is 0 Å². The minimum Gasteiger partial charge on any atom is -0.364 e. The van der Waals surface area contributed by atoms with Gasteiger partial charge in [-0.3, -0.25) is 0 Å². The van der Waals surface area contributed by atoms with Gasteiger partial charge in [-0.25, -0.2) is 0 Å². The van der Waals surface area contributed by atoms with Gasteiger partial charge in [0.05, 0.1) is 5.56 Å². The summed E-state index contributed by atoms with van der Waals surface area (Å²) in [6, 6.07) is 3.74. The first kappa shape index (κ1) is 13.8. The van der Waals surface area contributed by atoms with Crippen LogP contribution in [0.4, 0.5) is 18.9 Å². The molecule has 0 radical (unpaired) electrons. The predicted molar refractivity (Wildman–Crippen MR) is 61.1 cm³/mol. The van der Waals surface area contributed by atoms with Crippen molar-refractivity contribution in [1.29, 1.82) is 0 Å². The van der Waals surface area contributed by atoms with Gasteiger partial charge in [0.2, 0.25) is 0 Å². The lowest BCUT2D eigenvalue weighted by Crippen LogP contribution is -2.26. The maximum atomic E-state index is 12.6. The number of aryl methyl sites for hydroxylation is 1. The number of hydrogen-bond acceptors (Lipinski definition) is 2. The quantitative estimate of drug-likeness (QED) is 0.756. The summed E-state index contributed by atoms with van der Waals surface area (Å²) in [6.07, 6.45) is -4.31. The van der Waals surface area contributed by atoms with Gasteiger partial charge in [0.15, 0.2) is 0 Å². The van der Waals surface area contributed by atoms with Crippen LogP contribution < -0.4 is 4.90 Å². The zero-order chi connectivity index (χ0) is 13.1. The molecule has 1 aromatic rings. The molecule has 96 valence electrons. The molecule has 0 fully saturated rings. The van der Waals surface area contributed by atoms with Crippen LogP contribution in [0, 0.1) is 6.92 Å². The molecule has 0 aromatic heterocycles. The van der Waals surface area contributed by atoms with Crippen LogP contribution in [-0.2, 0) is 10.9 Å². The number of anilines is 1. The largest absolute Gasteiger partial charge is 0.416 e. The fraction of sp³-hybridized carbons (Fsp3) is 0.500. The van der Waals surface area contributed by atoms with Gasteiger partial charge < -0.3 is 9.64 Å². The minimum absolute atomic E-state index is 0.276. The maximum Gasteiger partial charge on any atom is 0.416 e. The Morgan fingerprint density at radius 2 is 1.94 bits per heavy atom. The Bertz CT molecular complexity index is 377. The average Bonchev–Trinajstić information content (AvgIpc) is 2.25. The fourth-order valence-corrected chi connectivity index (χ4v) is 1.61. The van der Waals surface area contributed by atoms with Crippen molar-refractivity contribution < 1.29 is 17.9 Å². The molecule has 0 aliphatic carbocycles. The molecule has 17 heavy (non-hydrogen) atoms. The number of methoxy groups -OCH3 is 1. The van der Waals surface area contributed by atoms with Gasteiger partial charge in [0, 0.05) is 19.3 Å². The molecule has 0 unspecified atom stereocenters. The second-order valence-corrected chi connectivity index (χ2v) is 3.77. The Hall–Kier alpha value is -1.23. The summed E-state index contributed by atoms with van der Waals surface area (Å²) in [5.41, 5.74) is 0.730. The van der Waals surface area contributed by atoms with Crippen LogP contribution in [0.15, 0.2) is 18.2 Å². The molecule has 2 nitrogen and oxygen atoms in total. The summed E-state index contributed by atoms with van der Waals surface area (Å²) in [5.74, 6) is 0. The van der Waals surface area contributed by atoms with Crippen molar-refractivity contribution in [3.05, 3.63) is 29.3 Å². The molecule has 1 rings (SSSR count). The zero-order valence-electron chi connectivity index (χ0n) is 10.1. The van der Waals surface area contributed by atoms with E-state index < -0.39 is 11.7 Å². The summed E-state index contributed by atoms with van der Waals surface area (Å²) >= 11 is 0. The van der Waals surface area contributed by atoms with E-state index >= 15 is 0 Å². The van der Waals surface area contributed by atoms with Crippen LogP contribution >= 0.6 is 0 Å². The van der Waals surface area contributed by atoms with E-state index in [-0.39, 0.29) is 6.73 Å². The Morgan fingerprint density at radius 1 is 1.29 bits per heavy atom. The van der Waals surface area contributed by atoms with Gasteiger partial charge >= 0.3 is 6.18 Å². The summed E-state index contributed by atoms with van der Waals surface area (Å²) in [7, 11) is 1.52. The highest BCUT2D eigenvalue weighted by atomic mass is 19.4. The molecule has 0 spiro atoms. The van der Waals surface area contributed by atoms with Gasteiger partial charge in [-0.15, -0.1) is 0 Å². The fourth-order valence-electron chi connectivity index (χ4n) is 1.61. The lowest BCUT2D eigenvalue weighted by atomic mass is 10.1. The van der Waals surface area contributed by atoms with E-state index in [1.807, 2.05) is 6.92 Å². The van der Waals surface area contributed by atoms with E-state index in [9.17, 15) is 13.2 Å². The van der Waals surface area contributed by atoms with Gasteiger partial charge in [-0.2, -0.15) is 13.2 Å². The molecule has 0 N–H and O–H groups in total. The van der Waals surface area contributed by atoms with Crippen LogP contribution in [0.1, 0.15) is 18.1 Å². The van der Waals surface area contributed by atoms with Crippen molar-refractivity contribution in [2.75, 3.05) is 25.3 Å². The minimum atomic E-state index is -4.31. The molecule has 0 saturated heterocycles. The second kappa shape index (κ2) is 5.40. The molecular formula is C12H16F3NO. The molecule has 1 aromatic carbocycles. The second-order valence-electron chi connectivity index (χ2n) is 3.77. The lowest BCUT2D eigenvalue weighted by Gasteiger charge is -2.24. The summed E-state index contributed by atoms with van der Waals surface area (Å²) in [6.45, 7) is 4.53. The van der Waals surface area contributed by atoms with Gasteiger partial charge in [-0.1, -0.05) is 6.07 Å². The van der Waals surface area contributed by atoms with E-state index in [0.29, 0.717) is 12.2 Å². The Kier molecular flexibility index (Phi) is 4.40. The molecule has 0 amide bonds. The Morgan fingerprint density at radius 3 is 2.41 bits per heavy atom. The van der Waals surface area contributed by atoms with E-state index in [0.717, 1.165) is 17.7 Å². The Labute approximate surface area is 99.0 Å². The van der Waals surface area contributed by atoms with Crippen molar-refractivity contribution in [1.82, 2.24) is 0 Å². The van der Waals surface area contributed by atoms with Crippen molar-refractivity contribution in [2.24, 2.45) is 0 Å². The third-order valence-corrected chi connectivity index (χ3v) is 2.54. The number of benzene rings is 1. The maximum absolute atomic E-state index is 12.6. The first-order valence-electron chi connectivity index (χ1n) is 5.32. The topological polar surface area (TPSA) is 12.5 Å². The molecule has 0 aliphatic heterocycles. The molecule has 0 bridgehead atoms. The van der Waals surface area contributed by atoms with Crippen LogP contribution in [0.2, 0.25) is 0 Å². The Balaban J connectivity index is 3.13. The van der Waals surface area contributed by atoms with Crippen LogP contribution in [-0.4, -0.2) is 20.4 Å². The standard InChI is InChI=1S/C12H16F3NO/c1-4-16(8-17-3)11-7-10(12(13,14)15)6-5-9(11)2/h5-7H,4,8H2,1-3H3. The van der Waals surface area contributed by atoms with Crippen molar-refractivity contribution in [2.45, 2.75) is 20.0 Å². The van der Waals surface area contributed by atoms with E-state index in [1.165, 1.54) is 13.2 Å². The normalized spacial score (nSPS) is 11.6. The highest BCUT2D eigenvalue weighted by Gasteiger charge is 2.31. The third kappa shape index (κ3) is 3.36. The van der Waals surface area contributed by atoms with E-state index in [2.05, 4.69) is 0 Å². The molecular weight excluding hydrogens is 231 g/mol. The first-order valence-corrected chi connectivity index (χ1v) is 5.32. The molecule has 0 atom stereocenters. The predicted octanol–water partition coefficient (Wildman–Crippen LogP) is 3.44. The smallest absolute Gasteiger partial charge is 0.364 e. The SMILES string of the molecule is CCN(COC)c1cc(C(F)(F)F)ccc1C. The highest BCUT2D eigenvalue weighted by molar-refractivity contribution is 5.55. The molecule has 5 heteroatoms. The zero-order valence-corrected chi connectivity index (χ0v) is 10.1. The van der Waals surface area contributed by atoms with Gasteiger partial charge in [0.25, 0.3) is 0 Å². The molecule has 0 heterocycles. The third-order valence-electron chi connectivity index (χ3n) is 2.54. The van der Waals surface area contributed by atoms with E-state index in [1.54, 1.807) is 11.8 Å². The average molecular weight is 247 g/mol. The van der Waals surface area contributed by atoms with Crippen LogP contribution in [0.25, 0.3) is 0 Å². The summed E-state index contributed by atoms with van der Waals surface area (Å²) < 4.78 is 42.8.